The second-order valence-corrected chi connectivity index (χ2v) is 14.5. The molecule has 1 aliphatic rings. The monoisotopic (exact) mass is 774 g/mol. The second-order valence-electron chi connectivity index (χ2n) is 13.5. The van der Waals surface area contributed by atoms with Gasteiger partial charge in [0.25, 0.3) is 0 Å². The molecule has 6 atom stereocenters. The number of ether oxygens (including phenoxy) is 4. The van der Waals surface area contributed by atoms with E-state index in [0.29, 0.717) is 13.0 Å². The van der Waals surface area contributed by atoms with Crippen LogP contribution in [0.15, 0.2) is 48.6 Å². The molecule has 53 heavy (non-hydrogen) atoms. The van der Waals surface area contributed by atoms with E-state index >= 15 is 0 Å². The minimum atomic E-state index is -5.06. The van der Waals surface area contributed by atoms with Crippen LogP contribution in [0.25, 0.3) is 0 Å². The SMILES string of the molecule is CC/C=C\C/C=C\C/C=C\C/C=C\CCCCCCCCC(=O)OC(COCCCCCCCCC)COC1OC(CO)C(O)C(OS(=O)(=O)O)C1O. The van der Waals surface area contributed by atoms with E-state index in [9.17, 15) is 28.5 Å². The Kier molecular flexibility index (Phi) is 29.9. The predicted octanol–water partition coefficient (Wildman–Crippen LogP) is 7.23. The predicted molar refractivity (Wildman–Crippen MR) is 206 cm³/mol. The van der Waals surface area contributed by atoms with Gasteiger partial charge in [0, 0.05) is 13.0 Å². The molecule has 0 aromatic heterocycles. The molecule has 0 saturated carbocycles. The van der Waals surface area contributed by atoms with Crippen LogP contribution >= 0.6 is 0 Å². The molecule has 0 aliphatic carbocycles. The van der Waals surface area contributed by atoms with Gasteiger partial charge in [-0.05, 0) is 51.4 Å². The topological polar surface area (TPSA) is 178 Å². The van der Waals surface area contributed by atoms with Gasteiger partial charge >= 0.3 is 16.4 Å². The van der Waals surface area contributed by atoms with E-state index in [4.69, 9.17) is 23.5 Å². The highest BCUT2D eigenvalue weighted by molar-refractivity contribution is 7.80. The summed E-state index contributed by atoms with van der Waals surface area (Å²) in [4.78, 5) is 12.7. The number of carbonyl (C=O) groups is 1. The number of carbonyl (C=O) groups excluding carboxylic acids is 1. The molecule has 1 saturated heterocycles. The Morgan fingerprint density at radius 2 is 1.30 bits per heavy atom. The molecular weight excluding hydrogens is 704 g/mol. The van der Waals surface area contributed by atoms with Crippen molar-refractivity contribution in [2.24, 2.45) is 0 Å². The van der Waals surface area contributed by atoms with Crippen molar-refractivity contribution in [3.63, 3.8) is 0 Å². The molecule has 0 bridgehead atoms. The first kappa shape index (κ1) is 49.1. The summed E-state index contributed by atoms with van der Waals surface area (Å²) in [7, 11) is -5.06. The van der Waals surface area contributed by atoms with Crippen LogP contribution in [0.5, 0.6) is 0 Å². The van der Waals surface area contributed by atoms with E-state index in [-0.39, 0.29) is 19.6 Å². The average molecular weight is 775 g/mol. The number of allylic oxidation sites excluding steroid dienone is 8. The molecule has 1 heterocycles. The molecular formula is C40H70O12S. The quantitative estimate of drug-likeness (QED) is 0.0228. The van der Waals surface area contributed by atoms with Gasteiger partial charge in [0.1, 0.15) is 30.5 Å². The highest BCUT2D eigenvalue weighted by Crippen LogP contribution is 2.26. The van der Waals surface area contributed by atoms with Crippen LogP contribution in [0.2, 0.25) is 0 Å². The zero-order valence-corrected chi connectivity index (χ0v) is 33.1. The molecule has 6 unspecified atom stereocenters. The lowest BCUT2D eigenvalue weighted by Crippen LogP contribution is -2.60. The summed E-state index contributed by atoms with van der Waals surface area (Å²) in [5.41, 5.74) is 0. The minimum Gasteiger partial charge on any atom is -0.457 e. The largest absolute Gasteiger partial charge is 0.457 e. The third-order valence-electron chi connectivity index (χ3n) is 8.72. The van der Waals surface area contributed by atoms with Gasteiger partial charge in [0.2, 0.25) is 0 Å². The van der Waals surface area contributed by atoms with Gasteiger partial charge in [-0.2, -0.15) is 8.42 Å². The molecule has 1 fully saturated rings. The molecule has 4 N–H and O–H groups in total. The molecule has 12 nitrogen and oxygen atoms in total. The van der Waals surface area contributed by atoms with Crippen molar-refractivity contribution in [2.45, 2.75) is 173 Å². The summed E-state index contributed by atoms with van der Waals surface area (Å²) in [6.45, 7) is 3.79. The number of aliphatic hydroxyl groups is 3. The maximum atomic E-state index is 12.7. The Hall–Kier alpha value is -1.94. The molecule has 0 radical (unpaired) electrons. The van der Waals surface area contributed by atoms with E-state index in [0.717, 1.165) is 83.5 Å². The van der Waals surface area contributed by atoms with Crippen molar-refractivity contribution in [3.05, 3.63) is 48.6 Å². The van der Waals surface area contributed by atoms with Crippen LogP contribution in [0, 0.1) is 0 Å². The normalized spacial score (nSPS) is 21.8. The van der Waals surface area contributed by atoms with Crippen molar-refractivity contribution >= 4 is 16.4 Å². The average Bonchev–Trinajstić information content (AvgIpc) is 3.12. The molecule has 0 amide bonds. The Labute approximate surface area is 319 Å². The van der Waals surface area contributed by atoms with Crippen molar-refractivity contribution in [1.82, 2.24) is 0 Å². The van der Waals surface area contributed by atoms with E-state index in [1.165, 1.54) is 25.7 Å². The number of rotatable bonds is 33. The number of aliphatic hydroxyl groups excluding tert-OH is 3. The van der Waals surface area contributed by atoms with Gasteiger partial charge in [0.05, 0.1) is 19.8 Å². The van der Waals surface area contributed by atoms with Crippen LogP contribution in [0.4, 0.5) is 0 Å². The van der Waals surface area contributed by atoms with Crippen molar-refractivity contribution < 1.29 is 56.2 Å². The third-order valence-corrected chi connectivity index (χ3v) is 9.18. The highest BCUT2D eigenvalue weighted by Gasteiger charge is 2.48. The minimum absolute atomic E-state index is 0.0284. The highest BCUT2D eigenvalue weighted by atomic mass is 32.3. The first-order chi connectivity index (χ1) is 25.6. The zero-order chi connectivity index (χ0) is 39.0. The van der Waals surface area contributed by atoms with Gasteiger partial charge in [-0.3, -0.25) is 9.35 Å². The first-order valence-corrected chi connectivity index (χ1v) is 21.3. The Bertz CT molecular complexity index is 1120. The maximum absolute atomic E-state index is 12.7. The molecule has 1 rings (SSSR count). The lowest BCUT2D eigenvalue weighted by molar-refractivity contribution is -0.301. The van der Waals surface area contributed by atoms with Gasteiger partial charge in [-0.1, -0.05) is 127 Å². The lowest BCUT2D eigenvalue weighted by Gasteiger charge is -2.41. The van der Waals surface area contributed by atoms with E-state index in [1.807, 2.05) is 0 Å². The fraction of sp³-hybridized carbons (Fsp3) is 0.775. The van der Waals surface area contributed by atoms with Crippen LogP contribution in [0.1, 0.15) is 136 Å². The molecule has 308 valence electrons. The third kappa shape index (κ3) is 26.5. The van der Waals surface area contributed by atoms with E-state index in [2.05, 4.69) is 66.6 Å². The number of esters is 1. The Morgan fingerprint density at radius 3 is 1.91 bits per heavy atom. The van der Waals surface area contributed by atoms with Gasteiger partial charge in [0.15, 0.2) is 6.29 Å². The van der Waals surface area contributed by atoms with Crippen LogP contribution < -0.4 is 0 Å². The number of unbranched alkanes of at least 4 members (excludes halogenated alkanes) is 12. The maximum Gasteiger partial charge on any atom is 0.397 e. The van der Waals surface area contributed by atoms with Crippen molar-refractivity contribution in [3.8, 4) is 0 Å². The van der Waals surface area contributed by atoms with Gasteiger partial charge in [-0.15, -0.1) is 0 Å². The summed E-state index contributed by atoms with van der Waals surface area (Å²) < 4.78 is 58.6. The molecule has 0 aromatic rings. The molecule has 1 aliphatic heterocycles. The summed E-state index contributed by atoms with van der Waals surface area (Å²) in [6.07, 6.45) is 27.4. The van der Waals surface area contributed by atoms with Crippen molar-refractivity contribution in [2.75, 3.05) is 26.4 Å². The second kappa shape index (κ2) is 32.3. The fourth-order valence-electron chi connectivity index (χ4n) is 5.72. The summed E-state index contributed by atoms with van der Waals surface area (Å²) in [5.74, 6) is -0.418. The van der Waals surface area contributed by atoms with Crippen LogP contribution in [-0.4, -0.2) is 97.5 Å². The standard InChI is InChI=1S/C40H70O12S/c1-3-5-7-9-11-12-13-14-15-16-17-18-19-20-21-22-23-25-27-29-36(42)50-34(32-48-30-28-26-24-10-8-6-4-2)33-49-40-38(44)39(52-53(45,46)47)37(43)35(31-41)51-40/h5,7,11-12,14-15,17-18,34-35,37-41,43-44H,3-4,6,8-10,13,16,19-33H2,1-2H3,(H,45,46,47)/b7-5-,12-11-,15-14-,18-17-. The number of hydrogen-bond acceptors (Lipinski definition) is 11. The molecule has 13 heteroatoms. The first-order valence-electron chi connectivity index (χ1n) is 19.9. The zero-order valence-electron chi connectivity index (χ0n) is 32.3. The Morgan fingerprint density at radius 1 is 0.736 bits per heavy atom. The number of hydrogen-bond donors (Lipinski definition) is 4. The lowest BCUT2D eigenvalue weighted by atomic mass is 9.99. The smallest absolute Gasteiger partial charge is 0.397 e. The van der Waals surface area contributed by atoms with E-state index < -0.39 is 59.8 Å². The van der Waals surface area contributed by atoms with Crippen LogP contribution in [-0.2, 0) is 38.3 Å². The van der Waals surface area contributed by atoms with Crippen molar-refractivity contribution in [1.29, 1.82) is 0 Å². The molecule has 0 aromatic carbocycles. The van der Waals surface area contributed by atoms with Crippen LogP contribution in [0.3, 0.4) is 0 Å². The fourth-order valence-corrected chi connectivity index (χ4v) is 6.23. The summed E-state index contributed by atoms with van der Waals surface area (Å²) in [5, 5.41) is 30.5. The molecule has 0 spiro atoms. The summed E-state index contributed by atoms with van der Waals surface area (Å²) >= 11 is 0. The Balaban J connectivity index is 2.43. The summed E-state index contributed by atoms with van der Waals surface area (Å²) in [6, 6.07) is 0. The van der Waals surface area contributed by atoms with E-state index in [1.54, 1.807) is 0 Å². The van der Waals surface area contributed by atoms with Gasteiger partial charge < -0.3 is 34.3 Å². The van der Waals surface area contributed by atoms with Gasteiger partial charge in [-0.25, -0.2) is 4.18 Å².